The summed E-state index contributed by atoms with van der Waals surface area (Å²) in [6, 6.07) is 1.97. The highest BCUT2D eigenvalue weighted by Gasteiger charge is 2.40. The van der Waals surface area contributed by atoms with Gasteiger partial charge in [0.1, 0.15) is 16.1 Å². The van der Waals surface area contributed by atoms with Gasteiger partial charge in [0.2, 0.25) is 0 Å². The summed E-state index contributed by atoms with van der Waals surface area (Å²) in [6.07, 6.45) is 0.856. The Kier molecular flexibility index (Phi) is 5.60. The van der Waals surface area contributed by atoms with Crippen molar-refractivity contribution in [3.8, 4) is 0 Å². The summed E-state index contributed by atoms with van der Waals surface area (Å²) in [6.45, 7) is 0. The first-order valence-electron chi connectivity index (χ1n) is 6.26. The Balaban J connectivity index is 2.24. The zero-order chi connectivity index (χ0) is 17.1. The number of carboxylic acids is 2. The first-order valence-corrected chi connectivity index (χ1v) is 8.28. The number of furan rings is 1. The third-order valence-corrected chi connectivity index (χ3v) is 4.68. The van der Waals surface area contributed by atoms with E-state index < -0.39 is 23.9 Å². The van der Waals surface area contributed by atoms with Gasteiger partial charge in [-0.25, -0.2) is 4.79 Å². The highest BCUT2D eigenvalue weighted by Crippen LogP contribution is 2.35. The molecule has 122 valence electrons. The average Bonchev–Trinajstić information content (AvgIpc) is 2.96. The Bertz CT molecular complexity index is 713. The fourth-order valence-corrected chi connectivity index (χ4v) is 3.56. The number of nitrogens with zero attached hydrogens (tertiary/aromatic N) is 1. The predicted octanol–water partition coefficient (Wildman–Crippen LogP) is 2.56. The Morgan fingerprint density at radius 2 is 2.13 bits per heavy atom. The summed E-state index contributed by atoms with van der Waals surface area (Å²) in [5, 5.41) is 18.0. The van der Waals surface area contributed by atoms with Crippen molar-refractivity contribution >= 4 is 68.2 Å². The predicted molar refractivity (Wildman–Crippen MR) is 89.7 cm³/mol. The van der Waals surface area contributed by atoms with Crippen LogP contribution in [0.1, 0.15) is 18.6 Å². The van der Waals surface area contributed by atoms with E-state index in [1.54, 1.807) is 12.1 Å². The van der Waals surface area contributed by atoms with Crippen molar-refractivity contribution in [2.75, 3.05) is 0 Å². The van der Waals surface area contributed by atoms with E-state index in [-0.39, 0.29) is 22.1 Å². The average molecular weight is 420 g/mol. The van der Waals surface area contributed by atoms with Gasteiger partial charge in [0.05, 0.1) is 4.91 Å². The van der Waals surface area contributed by atoms with Crippen LogP contribution in [0.4, 0.5) is 0 Å². The Hall–Kier alpha value is -1.65. The summed E-state index contributed by atoms with van der Waals surface area (Å²) < 4.78 is 5.83. The van der Waals surface area contributed by atoms with E-state index in [4.69, 9.17) is 21.7 Å². The SMILES string of the molecule is O=C(O)CC[C@H](C(=O)O)N1C(=O)/C(=C\c2ccc(Br)o2)SC1=S. The lowest BCUT2D eigenvalue weighted by atomic mass is 10.1. The minimum absolute atomic E-state index is 0.0738. The summed E-state index contributed by atoms with van der Waals surface area (Å²) in [4.78, 5) is 35.6. The molecule has 1 aliphatic rings. The zero-order valence-electron chi connectivity index (χ0n) is 11.4. The molecule has 7 nitrogen and oxygen atoms in total. The largest absolute Gasteiger partial charge is 0.481 e. The molecular formula is C13H10BrNO6S2. The molecule has 1 fully saturated rings. The number of carbonyl (C=O) groups is 3. The second-order valence-electron chi connectivity index (χ2n) is 4.48. The van der Waals surface area contributed by atoms with Crippen molar-refractivity contribution in [1.82, 2.24) is 4.90 Å². The minimum atomic E-state index is -1.31. The van der Waals surface area contributed by atoms with Crippen LogP contribution >= 0.6 is 39.9 Å². The molecule has 1 atom stereocenters. The molecule has 0 saturated carbocycles. The maximum Gasteiger partial charge on any atom is 0.326 e. The van der Waals surface area contributed by atoms with Crippen LogP contribution in [-0.2, 0) is 14.4 Å². The fourth-order valence-electron chi connectivity index (χ4n) is 1.91. The number of thioether (sulfide) groups is 1. The first-order chi connectivity index (χ1) is 10.8. The molecule has 0 spiro atoms. The molecule has 0 aliphatic carbocycles. The number of hydrogen-bond acceptors (Lipinski definition) is 6. The van der Waals surface area contributed by atoms with E-state index in [1.807, 2.05) is 0 Å². The normalized spacial score (nSPS) is 17.8. The van der Waals surface area contributed by atoms with E-state index in [2.05, 4.69) is 15.9 Å². The van der Waals surface area contributed by atoms with E-state index in [0.29, 0.717) is 10.4 Å². The lowest BCUT2D eigenvalue weighted by Crippen LogP contribution is -2.44. The van der Waals surface area contributed by atoms with Gasteiger partial charge in [0.25, 0.3) is 5.91 Å². The maximum atomic E-state index is 12.4. The molecule has 1 amide bonds. The molecular weight excluding hydrogens is 410 g/mol. The molecule has 1 saturated heterocycles. The van der Waals surface area contributed by atoms with Crippen molar-refractivity contribution in [3.05, 3.63) is 27.5 Å². The van der Waals surface area contributed by atoms with Crippen molar-refractivity contribution in [2.24, 2.45) is 0 Å². The van der Waals surface area contributed by atoms with Crippen molar-refractivity contribution in [3.63, 3.8) is 0 Å². The van der Waals surface area contributed by atoms with E-state index in [0.717, 1.165) is 16.7 Å². The summed E-state index contributed by atoms with van der Waals surface area (Å²) in [5.74, 6) is -2.61. The van der Waals surface area contributed by atoms with E-state index >= 15 is 0 Å². The van der Waals surface area contributed by atoms with E-state index in [1.165, 1.54) is 6.08 Å². The van der Waals surface area contributed by atoms with Crippen LogP contribution in [0.2, 0.25) is 0 Å². The van der Waals surface area contributed by atoms with Crippen LogP contribution in [-0.4, -0.2) is 43.3 Å². The molecule has 2 heterocycles. The monoisotopic (exact) mass is 419 g/mol. The van der Waals surface area contributed by atoms with Crippen molar-refractivity contribution < 1.29 is 29.0 Å². The van der Waals surface area contributed by atoms with Gasteiger partial charge in [-0.1, -0.05) is 24.0 Å². The molecule has 0 bridgehead atoms. The lowest BCUT2D eigenvalue weighted by Gasteiger charge is -2.22. The maximum absolute atomic E-state index is 12.4. The minimum Gasteiger partial charge on any atom is -0.481 e. The first kappa shape index (κ1) is 17.7. The second-order valence-corrected chi connectivity index (χ2v) is 6.94. The Morgan fingerprint density at radius 1 is 1.43 bits per heavy atom. The molecule has 2 N–H and O–H groups in total. The number of hydrogen-bond donors (Lipinski definition) is 2. The smallest absolute Gasteiger partial charge is 0.326 e. The number of carboxylic acid groups (broad SMARTS) is 2. The highest BCUT2D eigenvalue weighted by molar-refractivity contribution is 9.10. The van der Waals surface area contributed by atoms with Crippen molar-refractivity contribution in [2.45, 2.75) is 18.9 Å². The van der Waals surface area contributed by atoms with Crippen LogP contribution in [0.25, 0.3) is 6.08 Å². The number of rotatable bonds is 6. The molecule has 23 heavy (non-hydrogen) atoms. The van der Waals surface area contributed by atoms with Gasteiger partial charge < -0.3 is 14.6 Å². The lowest BCUT2D eigenvalue weighted by molar-refractivity contribution is -0.146. The van der Waals surface area contributed by atoms with Crippen LogP contribution in [0, 0.1) is 0 Å². The zero-order valence-corrected chi connectivity index (χ0v) is 14.6. The molecule has 0 radical (unpaired) electrons. The van der Waals surface area contributed by atoms with Crippen molar-refractivity contribution in [1.29, 1.82) is 0 Å². The Morgan fingerprint density at radius 3 is 2.65 bits per heavy atom. The molecule has 0 aromatic carbocycles. The standard InChI is InChI=1S/C13H10BrNO6S2/c14-9-3-1-6(21-9)5-8-11(18)15(13(22)23-8)7(12(19)20)2-4-10(16)17/h1,3,5,7H,2,4H2,(H,16,17)(H,19,20)/b8-5+/t7-/m1/s1. The van der Waals surface area contributed by atoms with Crippen LogP contribution < -0.4 is 0 Å². The van der Waals surface area contributed by atoms with Crippen LogP contribution in [0.5, 0.6) is 0 Å². The van der Waals surface area contributed by atoms with Gasteiger partial charge in [-0.2, -0.15) is 0 Å². The summed E-state index contributed by atoms with van der Waals surface area (Å²) in [7, 11) is 0. The third-order valence-electron chi connectivity index (χ3n) is 2.92. The summed E-state index contributed by atoms with van der Waals surface area (Å²) in [5.41, 5.74) is 0. The quantitative estimate of drug-likeness (QED) is 0.534. The summed E-state index contributed by atoms with van der Waals surface area (Å²) >= 11 is 9.16. The number of halogens is 1. The molecule has 1 aromatic heterocycles. The van der Waals surface area contributed by atoms with Gasteiger partial charge >= 0.3 is 11.9 Å². The van der Waals surface area contributed by atoms with Gasteiger partial charge in [0.15, 0.2) is 4.67 Å². The Labute approximate surface area is 148 Å². The van der Waals surface area contributed by atoms with E-state index in [9.17, 15) is 19.5 Å². The van der Waals surface area contributed by atoms with Crippen LogP contribution in [0.3, 0.4) is 0 Å². The third kappa shape index (κ3) is 4.21. The van der Waals surface area contributed by atoms with Gasteiger partial charge in [-0.15, -0.1) is 0 Å². The number of carbonyl (C=O) groups excluding carboxylic acids is 1. The highest BCUT2D eigenvalue weighted by atomic mass is 79.9. The number of aliphatic carboxylic acids is 2. The van der Waals surface area contributed by atoms with Gasteiger partial charge in [-0.3, -0.25) is 14.5 Å². The van der Waals surface area contributed by atoms with Gasteiger partial charge in [0, 0.05) is 12.5 Å². The van der Waals surface area contributed by atoms with Crippen LogP contribution in [0.15, 0.2) is 26.1 Å². The second kappa shape index (κ2) is 7.28. The number of thiocarbonyl (C=S) groups is 1. The topological polar surface area (TPSA) is 108 Å². The number of amides is 1. The molecule has 10 heteroatoms. The molecule has 0 unspecified atom stereocenters. The molecule has 1 aromatic rings. The van der Waals surface area contributed by atoms with Gasteiger partial charge in [-0.05, 0) is 34.5 Å². The molecule has 1 aliphatic heterocycles. The fraction of sp³-hybridized carbons (Fsp3) is 0.231. The molecule has 2 rings (SSSR count).